The lowest BCUT2D eigenvalue weighted by atomic mass is 9.98. The maximum Gasteiger partial charge on any atom is 0.106 e. The molecule has 3 nitrogen and oxygen atoms in total. The lowest BCUT2D eigenvalue weighted by molar-refractivity contribution is -0.0660. The van der Waals surface area contributed by atoms with Crippen molar-refractivity contribution in [2.45, 2.75) is 51.9 Å². The lowest BCUT2D eigenvalue weighted by Crippen LogP contribution is -2.37. The van der Waals surface area contributed by atoms with Gasteiger partial charge in [-0.25, -0.2) is 0 Å². The fourth-order valence-corrected chi connectivity index (χ4v) is 1.12. The molecule has 0 aliphatic heterocycles. The zero-order valence-corrected chi connectivity index (χ0v) is 8.07. The quantitative estimate of drug-likeness (QED) is 0.572. The summed E-state index contributed by atoms with van der Waals surface area (Å²) in [6.07, 6.45) is -1.62. The minimum atomic E-state index is -1.00. The molecule has 0 aromatic rings. The van der Waals surface area contributed by atoms with Crippen LogP contribution in [0.4, 0.5) is 0 Å². The lowest BCUT2D eigenvalue weighted by Gasteiger charge is -2.23. The molecule has 0 amide bonds. The van der Waals surface area contributed by atoms with Crippen molar-refractivity contribution in [2.24, 2.45) is 5.92 Å². The van der Waals surface area contributed by atoms with Gasteiger partial charge in [0.1, 0.15) is 6.10 Å². The van der Waals surface area contributed by atoms with Crippen LogP contribution in [0.15, 0.2) is 0 Å². The van der Waals surface area contributed by atoms with E-state index in [4.69, 9.17) is 0 Å². The summed E-state index contributed by atoms with van der Waals surface area (Å²) in [5.41, 5.74) is 0. The predicted molar refractivity (Wildman–Crippen MR) is 47.8 cm³/mol. The Morgan fingerprint density at radius 1 is 1.00 bits per heavy atom. The molecule has 0 aromatic carbocycles. The first-order chi connectivity index (χ1) is 5.49. The standard InChI is InChI=1S/C9H20O3/c1-4-7(10)9(12)8(11)5-6(2)3/h6-12H,4-5H2,1-3H3/t7-,8+,9-/m0/s1. The van der Waals surface area contributed by atoms with Crippen molar-refractivity contribution in [1.82, 2.24) is 0 Å². The topological polar surface area (TPSA) is 60.7 Å². The number of hydrogen-bond donors (Lipinski definition) is 3. The summed E-state index contributed by atoms with van der Waals surface area (Å²) in [7, 11) is 0. The molecule has 0 unspecified atom stereocenters. The zero-order chi connectivity index (χ0) is 9.72. The third-order valence-electron chi connectivity index (χ3n) is 1.92. The maximum atomic E-state index is 9.38. The highest BCUT2D eigenvalue weighted by Crippen LogP contribution is 2.11. The van der Waals surface area contributed by atoms with E-state index in [1.807, 2.05) is 13.8 Å². The van der Waals surface area contributed by atoms with Crippen LogP contribution in [-0.2, 0) is 0 Å². The van der Waals surface area contributed by atoms with E-state index in [2.05, 4.69) is 0 Å². The van der Waals surface area contributed by atoms with Crippen LogP contribution >= 0.6 is 0 Å². The normalized spacial score (nSPS) is 19.2. The average Bonchev–Trinajstić information content (AvgIpc) is 2.00. The molecule has 0 bridgehead atoms. The number of rotatable bonds is 5. The van der Waals surface area contributed by atoms with Gasteiger partial charge in [-0.05, 0) is 18.8 Å². The van der Waals surface area contributed by atoms with Gasteiger partial charge in [0, 0.05) is 0 Å². The first-order valence-corrected chi connectivity index (χ1v) is 4.53. The van der Waals surface area contributed by atoms with Crippen molar-refractivity contribution in [2.75, 3.05) is 0 Å². The molecule has 3 N–H and O–H groups in total. The highest BCUT2D eigenvalue weighted by Gasteiger charge is 2.23. The van der Waals surface area contributed by atoms with Crippen molar-refractivity contribution in [3.63, 3.8) is 0 Å². The Labute approximate surface area is 74.0 Å². The van der Waals surface area contributed by atoms with Crippen LogP contribution in [0.1, 0.15) is 33.6 Å². The second kappa shape index (κ2) is 5.51. The highest BCUT2D eigenvalue weighted by atomic mass is 16.4. The summed E-state index contributed by atoms with van der Waals surface area (Å²) in [6.45, 7) is 5.71. The average molecular weight is 176 g/mol. The highest BCUT2D eigenvalue weighted by molar-refractivity contribution is 4.74. The summed E-state index contributed by atoms with van der Waals surface area (Å²) in [4.78, 5) is 0. The van der Waals surface area contributed by atoms with Crippen molar-refractivity contribution in [1.29, 1.82) is 0 Å². The summed E-state index contributed by atoms with van der Waals surface area (Å²) < 4.78 is 0. The summed E-state index contributed by atoms with van der Waals surface area (Å²) in [5.74, 6) is 0.332. The van der Waals surface area contributed by atoms with Gasteiger partial charge in [-0.15, -0.1) is 0 Å². The van der Waals surface area contributed by atoms with Crippen LogP contribution in [0.3, 0.4) is 0 Å². The molecule has 0 saturated carbocycles. The van der Waals surface area contributed by atoms with Gasteiger partial charge in [0.2, 0.25) is 0 Å². The molecule has 0 saturated heterocycles. The molecule has 74 valence electrons. The van der Waals surface area contributed by atoms with Crippen molar-refractivity contribution >= 4 is 0 Å². The van der Waals surface area contributed by atoms with E-state index in [0.717, 1.165) is 0 Å². The van der Waals surface area contributed by atoms with Crippen LogP contribution in [0, 0.1) is 5.92 Å². The zero-order valence-electron chi connectivity index (χ0n) is 8.07. The van der Waals surface area contributed by atoms with Gasteiger partial charge in [0.25, 0.3) is 0 Å². The molecule has 0 heterocycles. The fourth-order valence-electron chi connectivity index (χ4n) is 1.12. The van der Waals surface area contributed by atoms with Crippen LogP contribution in [0.2, 0.25) is 0 Å². The first-order valence-electron chi connectivity index (χ1n) is 4.53. The second-order valence-corrected chi connectivity index (χ2v) is 3.66. The van der Waals surface area contributed by atoms with E-state index in [0.29, 0.717) is 18.8 Å². The first kappa shape index (κ1) is 11.9. The van der Waals surface area contributed by atoms with Crippen LogP contribution in [0.5, 0.6) is 0 Å². The molecule has 0 aliphatic carbocycles. The molecule has 0 rings (SSSR count). The molecule has 3 atom stereocenters. The van der Waals surface area contributed by atoms with E-state index in [1.54, 1.807) is 6.92 Å². The van der Waals surface area contributed by atoms with E-state index < -0.39 is 18.3 Å². The van der Waals surface area contributed by atoms with E-state index in [9.17, 15) is 15.3 Å². The Morgan fingerprint density at radius 2 is 1.50 bits per heavy atom. The number of hydrogen-bond acceptors (Lipinski definition) is 3. The summed E-state index contributed by atoms with van der Waals surface area (Å²) in [6, 6.07) is 0. The summed E-state index contributed by atoms with van der Waals surface area (Å²) >= 11 is 0. The fraction of sp³-hybridized carbons (Fsp3) is 1.00. The predicted octanol–water partition coefficient (Wildman–Crippen LogP) is 0.525. The summed E-state index contributed by atoms with van der Waals surface area (Å²) in [5, 5.41) is 27.9. The van der Waals surface area contributed by atoms with Crippen molar-refractivity contribution < 1.29 is 15.3 Å². The molecule has 0 spiro atoms. The maximum absolute atomic E-state index is 9.38. The Hall–Kier alpha value is -0.120. The minimum Gasteiger partial charge on any atom is -0.390 e. The van der Waals surface area contributed by atoms with E-state index >= 15 is 0 Å². The smallest absolute Gasteiger partial charge is 0.106 e. The van der Waals surface area contributed by atoms with Gasteiger partial charge < -0.3 is 15.3 Å². The third kappa shape index (κ3) is 4.04. The minimum absolute atomic E-state index is 0.332. The second-order valence-electron chi connectivity index (χ2n) is 3.66. The molecule has 0 aliphatic rings. The Bertz CT molecular complexity index is 114. The third-order valence-corrected chi connectivity index (χ3v) is 1.92. The molecule has 0 aromatic heterocycles. The van der Waals surface area contributed by atoms with Gasteiger partial charge in [-0.2, -0.15) is 0 Å². The largest absolute Gasteiger partial charge is 0.390 e. The van der Waals surface area contributed by atoms with E-state index in [1.165, 1.54) is 0 Å². The van der Waals surface area contributed by atoms with Gasteiger partial charge in [-0.1, -0.05) is 20.8 Å². The van der Waals surface area contributed by atoms with Gasteiger partial charge >= 0.3 is 0 Å². The van der Waals surface area contributed by atoms with E-state index in [-0.39, 0.29) is 0 Å². The number of aliphatic hydroxyl groups excluding tert-OH is 3. The molecule has 0 radical (unpaired) electrons. The van der Waals surface area contributed by atoms with Crippen LogP contribution < -0.4 is 0 Å². The van der Waals surface area contributed by atoms with Crippen molar-refractivity contribution in [3.8, 4) is 0 Å². The monoisotopic (exact) mass is 176 g/mol. The van der Waals surface area contributed by atoms with Crippen LogP contribution in [-0.4, -0.2) is 33.6 Å². The van der Waals surface area contributed by atoms with Gasteiger partial charge in [0.05, 0.1) is 12.2 Å². The van der Waals surface area contributed by atoms with Crippen molar-refractivity contribution in [3.05, 3.63) is 0 Å². The molecular weight excluding hydrogens is 156 g/mol. The molecule has 0 fully saturated rings. The number of aliphatic hydroxyl groups is 3. The van der Waals surface area contributed by atoms with Gasteiger partial charge in [0.15, 0.2) is 0 Å². The molecule has 12 heavy (non-hydrogen) atoms. The van der Waals surface area contributed by atoms with Gasteiger partial charge in [-0.3, -0.25) is 0 Å². The Balaban J connectivity index is 3.83. The Kier molecular flexibility index (Phi) is 5.46. The van der Waals surface area contributed by atoms with Crippen LogP contribution in [0.25, 0.3) is 0 Å². The molecule has 3 heteroatoms. The molecular formula is C9H20O3. The SMILES string of the molecule is CC[C@H](O)[C@H](O)[C@H](O)CC(C)C. The Morgan fingerprint density at radius 3 is 1.83 bits per heavy atom.